The highest BCUT2D eigenvalue weighted by molar-refractivity contribution is 7.94. The van der Waals surface area contributed by atoms with E-state index in [2.05, 4.69) is 39.7 Å². The molecule has 0 radical (unpaired) electrons. The third-order valence-corrected chi connectivity index (χ3v) is 20.0. The van der Waals surface area contributed by atoms with Crippen LogP contribution >= 0.6 is 12.0 Å². The molecule has 3 aromatic carbocycles. The van der Waals surface area contributed by atoms with E-state index in [1.54, 1.807) is 20.3 Å². The second-order valence-electron chi connectivity index (χ2n) is 27.4. The number of carbonyl (C=O) groups is 1. The minimum absolute atomic E-state index is 0.0619. The molecule has 3 N–H and O–H groups in total. The second kappa shape index (κ2) is 63.5. The molecular weight excluding hydrogens is 1590 g/mol. The van der Waals surface area contributed by atoms with Crippen LogP contribution in [0.5, 0.6) is 5.75 Å². The summed E-state index contributed by atoms with van der Waals surface area (Å²) in [7, 11) is -1.28. The van der Waals surface area contributed by atoms with Crippen LogP contribution < -0.4 is 9.64 Å². The second-order valence-corrected chi connectivity index (χ2v) is 29.6. The Labute approximate surface area is 700 Å². The van der Waals surface area contributed by atoms with E-state index in [-0.39, 0.29) is 51.0 Å². The summed E-state index contributed by atoms with van der Waals surface area (Å²) in [4.78, 5) is 37.2. The van der Waals surface area contributed by atoms with Gasteiger partial charge in [0.2, 0.25) is 5.69 Å². The fourth-order valence-corrected chi connectivity index (χ4v) is 13.5. The molecular formula is C83H129N2O31S2+. The standard InChI is InChI=1S/C83H128N2O31S2/c1-82(2)74-68-73(118(89,90)91)21-23-76(74)85(28-30-111-113-66-64-109-62-60-107-58-56-105-54-52-103-50-48-101-46-44-99-42-40-97-38-36-95-34-32-93-5)78(82)24-18-69-13-12-14-70(81(69)114-71-15-8-6-9-16-71)19-25-79-83(3,75-67-72(117-116-115-88)20-22-77(75)84(79)27-11-7-10-17-80(86)87)26-29-110-112-65-63-108-61-59-106-57-55-104-53-51-102-49-47-100-45-43-98-41-39-96-37-35-94-33-31-92-4/h6,8-9,15-16,18-25,67-68H,7,10-14,17,26-66H2,1-5H3,(H2-,86,87,88,89,90,91)/p+1. The molecule has 6 rings (SSSR count). The van der Waals surface area contributed by atoms with E-state index >= 15 is 0 Å². The van der Waals surface area contributed by atoms with Crippen molar-refractivity contribution in [2.75, 3.05) is 283 Å². The van der Waals surface area contributed by atoms with Gasteiger partial charge in [0.05, 0.1) is 254 Å². The first-order valence-electron chi connectivity index (χ1n) is 40.5. The van der Waals surface area contributed by atoms with E-state index < -0.39 is 26.9 Å². The molecule has 2 heterocycles. The van der Waals surface area contributed by atoms with Crippen LogP contribution in [0, 0.1) is 0 Å². The Hall–Kier alpha value is -5.38. The van der Waals surface area contributed by atoms with Gasteiger partial charge >= 0.3 is 5.97 Å². The molecule has 1 unspecified atom stereocenters. The Bertz CT molecular complexity index is 3440. The van der Waals surface area contributed by atoms with Gasteiger partial charge in [0, 0.05) is 66.6 Å². The van der Waals surface area contributed by atoms with Crippen LogP contribution in [0.4, 0.5) is 11.4 Å². The highest BCUT2D eigenvalue weighted by atomic mass is 32.2. The van der Waals surface area contributed by atoms with Crippen LogP contribution in [-0.4, -0.2) is 318 Å². The topological polar surface area (TPSA) is 349 Å². The van der Waals surface area contributed by atoms with Crippen LogP contribution in [0.15, 0.2) is 123 Å². The summed E-state index contributed by atoms with van der Waals surface area (Å²) in [6, 6.07) is 20.1. The zero-order valence-corrected chi connectivity index (χ0v) is 71.2. The first-order valence-corrected chi connectivity index (χ1v) is 42.7. The van der Waals surface area contributed by atoms with Gasteiger partial charge in [-0.25, -0.2) is 24.8 Å². The lowest BCUT2D eigenvalue weighted by Crippen LogP contribution is -2.30. The molecule has 0 spiro atoms. The average Bonchev–Trinajstić information content (AvgIpc) is 1.59. The summed E-state index contributed by atoms with van der Waals surface area (Å²) < 4.78 is 148. The molecule has 0 amide bonds. The summed E-state index contributed by atoms with van der Waals surface area (Å²) in [5.74, 6) is 0.461. The molecule has 668 valence electrons. The quantitative estimate of drug-likeness (QED) is 0.0118. The normalized spacial score (nSPS) is 16.1. The molecule has 35 heteroatoms. The Morgan fingerprint density at radius 1 is 0.500 bits per heavy atom. The van der Waals surface area contributed by atoms with Crippen molar-refractivity contribution in [1.82, 2.24) is 0 Å². The maximum Gasteiger partial charge on any atom is 0.303 e. The predicted octanol–water partition coefficient (Wildman–Crippen LogP) is 9.89. The zero-order chi connectivity index (χ0) is 84.1. The molecule has 1 aliphatic carbocycles. The summed E-state index contributed by atoms with van der Waals surface area (Å²) >= 11 is 0.859. The zero-order valence-electron chi connectivity index (χ0n) is 69.6. The number of nitrogens with zero attached hydrogens (tertiary/aromatic N) is 2. The van der Waals surface area contributed by atoms with Gasteiger partial charge in [-0.15, -0.1) is 4.33 Å². The number of benzene rings is 3. The highest BCUT2D eigenvalue weighted by Crippen LogP contribution is 2.52. The van der Waals surface area contributed by atoms with E-state index in [0.29, 0.717) is 285 Å². The Morgan fingerprint density at radius 3 is 1.40 bits per heavy atom. The van der Waals surface area contributed by atoms with Crippen LogP contribution in [0.2, 0.25) is 0 Å². The lowest BCUT2D eigenvalue weighted by atomic mass is 9.78. The number of carboxylic acid groups (broad SMARTS) is 1. The van der Waals surface area contributed by atoms with E-state index in [9.17, 15) is 28.1 Å². The van der Waals surface area contributed by atoms with Gasteiger partial charge in [0.15, 0.2) is 12.3 Å². The minimum atomic E-state index is -4.55. The number of fused-ring (bicyclic) bond motifs is 2. The minimum Gasteiger partial charge on any atom is -0.481 e. The SMILES string of the molecule is COCCOCCOCCOCCOCCOCCOCCOCCOCCOOCC[N+]1=C(C=CC2=C(Oc3ccccc3)C(=CC=C3N(CCCCCC(=O)O)c4ccc(SOOO)cc4C3(C)CCOOCCOCCOCCOCCOCCOCCOCCOCCOCCOC)CCC2)C(C)(C)c2cc(S(=O)(=O)O)ccc21. The molecule has 0 saturated heterocycles. The maximum absolute atomic E-state index is 12.6. The lowest BCUT2D eigenvalue weighted by Gasteiger charge is -2.30. The molecule has 0 bridgehead atoms. The van der Waals surface area contributed by atoms with Crippen molar-refractivity contribution in [3.05, 3.63) is 125 Å². The Kier molecular flexibility index (Phi) is 54.6. The number of para-hydroxylation sites is 1. The average molecular weight is 1720 g/mol. The Balaban J connectivity index is 1.01. The first-order chi connectivity index (χ1) is 57.7. The van der Waals surface area contributed by atoms with Gasteiger partial charge in [-0.1, -0.05) is 35.7 Å². The highest BCUT2D eigenvalue weighted by Gasteiger charge is 2.46. The van der Waals surface area contributed by atoms with Gasteiger partial charge in [-0.2, -0.15) is 13.0 Å². The van der Waals surface area contributed by atoms with Crippen molar-refractivity contribution in [2.24, 2.45) is 0 Å². The van der Waals surface area contributed by atoms with Gasteiger partial charge in [-0.05, 0) is 131 Å². The van der Waals surface area contributed by atoms with E-state index in [1.807, 2.05) is 68.5 Å². The summed E-state index contributed by atoms with van der Waals surface area (Å²) in [5, 5.41) is 22.7. The number of anilines is 1. The number of hydrogen-bond donors (Lipinski definition) is 3. The lowest BCUT2D eigenvalue weighted by molar-refractivity contribution is -0.457. The summed E-state index contributed by atoms with van der Waals surface area (Å²) in [5.41, 5.74) is 5.47. The molecule has 0 fully saturated rings. The van der Waals surface area contributed by atoms with E-state index in [0.717, 1.165) is 58.0 Å². The molecule has 3 aromatic rings. The number of hydrogen-bond acceptors (Lipinski definition) is 31. The number of carboxylic acids is 1. The molecule has 1 atom stereocenters. The number of allylic oxidation sites excluding steroid dienone is 7. The van der Waals surface area contributed by atoms with Crippen molar-refractivity contribution in [3.63, 3.8) is 0 Å². The van der Waals surface area contributed by atoms with Gasteiger partial charge in [-0.3, -0.25) is 9.35 Å². The van der Waals surface area contributed by atoms with Crippen LogP contribution in [0.25, 0.3) is 0 Å². The third-order valence-electron chi connectivity index (χ3n) is 18.6. The fourth-order valence-electron chi connectivity index (χ4n) is 12.6. The Morgan fingerprint density at radius 2 is 0.949 bits per heavy atom. The molecule has 0 saturated carbocycles. The van der Waals surface area contributed by atoms with Crippen molar-refractivity contribution < 1.29 is 152 Å². The largest absolute Gasteiger partial charge is 0.481 e. The molecule has 3 aliphatic rings. The van der Waals surface area contributed by atoms with Crippen molar-refractivity contribution in [3.8, 4) is 5.75 Å². The number of unbranched alkanes of at least 4 members (excludes halogenated alkanes) is 2. The molecule has 0 aromatic heterocycles. The van der Waals surface area contributed by atoms with Crippen LogP contribution in [-0.2, 0) is 140 Å². The smallest absolute Gasteiger partial charge is 0.303 e. The summed E-state index contributed by atoms with van der Waals surface area (Å²) in [6.45, 7) is 22.8. The molecule has 118 heavy (non-hydrogen) atoms. The van der Waals surface area contributed by atoms with Gasteiger partial charge in [0.1, 0.15) is 31.3 Å². The first kappa shape index (κ1) is 101. The monoisotopic (exact) mass is 1710 g/mol. The molecule has 2 aliphatic heterocycles. The number of rotatable bonds is 77. The number of ether oxygens (including phenoxy) is 19. The van der Waals surface area contributed by atoms with Crippen LogP contribution in [0.3, 0.4) is 0 Å². The van der Waals surface area contributed by atoms with Crippen molar-refractivity contribution in [1.29, 1.82) is 0 Å². The maximum atomic E-state index is 12.6. The molecule has 33 nitrogen and oxygen atoms in total. The van der Waals surface area contributed by atoms with Crippen LogP contribution in [0.1, 0.15) is 83.3 Å². The van der Waals surface area contributed by atoms with E-state index in [1.165, 1.54) is 12.1 Å². The van der Waals surface area contributed by atoms with Gasteiger partial charge < -0.3 is 100 Å². The van der Waals surface area contributed by atoms with Crippen molar-refractivity contribution in [2.45, 2.75) is 92.8 Å². The third kappa shape index (κ3) is 41.2. The predicted molar refractivity (Wildman–Crippen MR) is 436 cm³/mol. The van der Waals surface area contributed by atoms with Gasteiger partial charge in [0.25, 0.3) is 10.1 Å². The summed E-state index contributed by atoms with van der Waals surface area (Å²) in [6.07, 6.45) is 12.9. The fraction of sp³-hybridized carbons (Fsp3) is 0.663. The number of methoxy groups -OCH3 is 2. The van der Waals surface area contributed by atoms with E-state index in [4.69, 9.17) is 114 Å². The van der Waals surface area contributed by atoms with Crippen molar-refractivity contribution >= 4 is 45.2 Å². The number of aliphatic carboxylic acids is 1.